The number of benzene rings is 1. The lowest BCUT2D eigenvalue weighted by molar-refractivity contribution is -0.274. The van der Waals surface area contributed by atoms with Crippen molar-refractivity contribution in [3.63, 3.8) is 0 Å². The highest BCUT2D eigenvalue weighted by Crippen LogP contribution is 2.29. The van der Waals surface area contributed by atoms with Crippen molar-refractivity contribution in [3.8, 4) is 17.0 Å². The zero-order chi connectivity index (χ0) is 20.3. The Morgan fingerprint density at radius 1 is 1.24 bits per heavy atom. The monoisotopic (exact) mass is 406 g/mol. The minimum Gasteiger partial charge on any atom is -0.406 e. The van der Waals surface area contributed by atoms with E-state index in [1.54, 1.807) is 16.9 Å². The number of alkyl halides is 3. The summed E-state index contributed by atoms with van der Waals surface area (Å²) in [5, 5.41) is 8.01. The summed E-state index contributed by atoms with van der Waals surface area (Å²) in [7, 11) is 0. The molecule has 0 spiro atoms. The first kappa shape index (κ1) is 19.5. The van der Waals surface area contributed by atoms with Crippen LogP contribution >= 0.6 is 0 Å². The Balaban J connectivity index is 1.56. The number of allylic oxidation sites excluding steroid dienone is 1. The van der Waals surface area contributed by atoms with Crippen LogP contribution in [0.15, 0.2) is 47.7 Å². The van der Waals surface area contributed by atoms with Crippen LogP contribution in [0.3, 0.4) is 0 Å². The molecule has 0 aliphatic carbocycles. The Hall–Kier alpha value is -2.81. The van der Waals surface area contributed by atoms with Crippen LogP contribution in [0.2, 0.25) is 0 Å². The maximum atomic E-state index is 12.5. The number of nitrogens with zero attached hydrogens (tertiary/aromatic N) is 3. The largest absolute Gasteiger partial charge is 0.573 e. The predicted octanol–water partition coefficient (Wildman–Crippen LogP) is 3.74. The Labute approximate surface area is 166 Å². The molecule has 1 fully saturated rings. The standard InChI is InChI=1S/C20H21F3N4O2/c21-20(22,23)29-16-4-1-3-15(11-16)17-13-25-19-6-2-5-18(26-27(17)19)24-12-14-7-9-28-10-8-14/h1-5,11,13-14H,6-10,12H2,(H,24,26). The molecule has 1 saturated heterocycles. The van der Waals surface area contributed by atoms with Gasteiger partial charge in [-0.05, 0) is 37.0 Å². The Kier molecular flexibility index (Phi) is 5.57. The molecule has 6 nitrogen and oxygen atoms in total. The fourth-order valence-corrected chi connectivity index (χ4v) is 3.39. The van der Waals surface area contributed by atoms with Crippen molar-refractivity contribution in [2.24, 2.45) is 11.0 Å². The van der Waals surface area contributed by atoms with Crippen molar-refractivity contribution >= 4 is 5.84 Å². The molecule has 0 unspecified atom stereocenters. The van der Waals surface area contributed by atoms with Gasteiger partial charge in [0.1, 0.15) is 17.4 Å². The van der Waals surface area contributed by atoms with Crippen LogP contribution in [-0.2, 0) is 11.2 Å². The number of hydrogen-bond donors (Lipinski definition) is 1. The number of fused-ring (bicyclic) bond motifs is 1. The smallest absolute Gasteiger partial charge is 0.406 e. The number of ether oxygens (including phenoxy) is 2. The maximum absolute atomic E-state index is 12.5. The first-order valence-electron chi connectivity index (χ1n) is 9.48. The minimum atomic E-state index is -4.74. The average molecular weight is 406 g/mol. The first-order chi connectivity index (χ1) is 14.0. The molecule has 0 atom stereocenters. The summed E-state index contributed by atoms with van der Waals surface area (Å²) >= 11 is 0. The zero-order valence-electron chi connectivity index (χ0n) is 15.7. The van der Waals surface area contributed by atoms with Gasteiger partial charge in [0.2, 0.25) is 0 Å². The van der Waals surface area contributed by atoms with E-state index in [-0.39, 0.29) is 5.75 Å². The number of nitrogens with one attached hydrogen (secondary N) is 1. The Morgan fingerprint density at radius 2 is 2.07 bits per heavy atom. The third kappa shape index (κ3) is 4.97. The minimum absolute atomic E-state index is 0.279. The summed E-state index contributed by atoms with van der Waals surface area (Å²) in [6, 6.07) is 5.82. The number of amidine groups is 1. The van der Waals surface area contributed by atoms with Gasteiger partial charge in [-0.2, -0.15) is 0 Å². The van der Waals surface area contributed by atoms with Crippen LogP contribution in [0.4, 0.5) is 13.2 Å². The SMILES string of the molecule is FC(F)(F)Oc1cccc(-c2cnc3n2N=C(NCC2CCOCC2)C=CC3)c1. The molecule has 3 heterocycles. The molecule has 0 amide bonds. The van der Waals surface area contributed by atoms with E-state index in [0.717, 1.165) is 32.6 Å². The van der Waals surface area contributed by atoms with Gasteiger partial charge in [-0.1, -0.05) is 18.2 Å². The molecule has 9 heteroatoms. The molecule has 2 aliphatic heterocycles. The number of imidazole rings is 1. The second-order valence-corrected chi connectivity index (χ2v) is 6.98. The molecule has 2 aliphatic rings. The molecule has 1 aromatic carbocycles. The number of rotatable bonds is 4. The van der Waals surface area contributed by atoms with Crippen LogP contribution in [0.25, 0.3) is 11.3 Å². The third-order valence-electron chi connectivity index (χ3n) is 4.87. The van der Waals surface area contributed by atoms with Crippen LogP contribution < -0.4 is 10.1 Å². The predicted molar refractivity (Wildman–Crippen MR) is 102 cm³/mol. The van der Waals surface area contributed by atoms with Gasteiger partial charge >= 0.3 is 6.36 Å². The molecule has 154 valence electrons. The van der Waals surface area contributed by atoms with Gasteiger partial charge < -0.3 is 14.8 Å². The Bertz CT molecular complexity index is 915. The fraction of sp³-hybridized carbons (Fsp3) is 0.400. The molecule has 1 aromatic heterocycles. The summed E-state index contributed by atoms with van der Waals surface area (Å²) in [4.78, 5) is 4.38. The highest BCUT2D eigenvalue weighted by atomic mass is 19.4. The van der Waals surface area contributed by atoms with Crippen LogP contribution in [0.5, 0.6) is 5.75 Å². The summed E-state index contributed by atoms with van der Waals surface area (Å²) in [6.07, 6.45) is 3.34. The highest BCUT2D eigenvalue weighted by molar-refractivity contribution is 5.93. The van der Waals surface area contributed by atoms with Crippen molar-refractivity contribution in [1.82, 2.24) is 15.0 Å². The maximum Gasteiger partial charge on any atom is 0.573 e. The molecular formula is C20H21F3N4O2. The molecular weight excluding hydrogens is 385 g/mol. The number of aromatic nitrogens is 2. The molecule has 4 rings (SSSR count). The first-order valence-corrected chi connectivity index (χ1v) is 9.48. The van der Waals surface area contributed by atoms with Crippen LogP contribution in [0, 0.1) is 5.92 Å². The normalized spacial score (nSPS) is 17.4. The van der Waals surface area contributed by atoms with Gasteiger partial charge in [0, 0.05) is 31.7 Å². The van der Waals surface area contributed by atoms with Gasteiger partial charge in [0.05, 0.1) is 11.9 Å². The zero-order valence-corrected chi connectivity index (χ0v) is 15.7. The van der Waals surface area contributed by atoms with Crippen molar-refractivity contribution in [2.75, 3.05) is 19.8 Å². The average Bonchev–Trinajstić information content (AvgIpc) is 2.97. The van der Waals surface area contributed by atoms with Gasteiger partial charge in [-0.15, -0.1) is 18.3 Å². The van der Waals surface area contributed by atoms with Gasteiger partial charge in [-0.3, -0.25) is 0 Å². The molecule has 0 bridgehead atoms. The third-order valence-corrected chi connectivity index (χ3v) is 4.87. The lowest BCUT2D eigenvalue weighted by Gasteiger charge is -2.22. The lowest BCUT2D eigenvalue weighted by Crippen LogP contribution is -2.31. The Morgan fingerprint density at radius 3 is 2.86 bits per heavy atom. The van der Waals surface area contributed by atoms with Crippen molar-refractivity contribution < 1.29 is 22.6 Å². The van der Waals surface area contributed by atoms with Gasteiger partial charge in [0.15, 0.2) is 0 Å². The van der Waals surface area contributed by atoms with Crippen molar-refractivity contribution in [1.29, 1.82) is 0 Å². The van der Waals surface area contributed by atoms with E-state index in [4.69, 9.17) is 4.74 Å². The number of halogens is 3. The van der Waals surface area contributed by atoms with E-state index in [0.29, 0.717) is 35.3 Å². The molecule has 1 N–H and O–H groups in total. The van der Waals surface area contributed by atoms with E-state index in [1.807, 2.05) is 12.2 Å². The second-order valence-electron chi connectivity index (χ2n) is 6.98. The lowest BCUT2D eigenvalue weighted by atomic mass is 10.0. The summed E-state index contributed by atoms with van der Waals surface area (Å²) in [5.41, 5.74) is 1.14. The van der Waals surface area contributed by atoms with E-state index >= 15 is 0 Å². The van der Waals surface area contributed by atoms with E-state index < -0.39 is 6.36 Å². The molecule has 2 aromatic rings. The van der Waals surface area contributed by atoms with Gasteiger partial charge in [0.25, 0.3) is 0 Å². The van der Waals surface area contributed by atoms with Gasteiger partial charge in [-0.25, -0.2) is 9.66 Å². The van der Waals surface area contributed by atoms with Crippen molar-refractivity contribution in [2.45, 2.75) is 25.6 Å². The van der Waals surface area contributed by atoms with Crippen LogP contribution in [-0.4, -0.2) is 41.6 Å². The van der Waals surface area contributed by atoms with E-state index in [2.05, 4.69) is 20.1 Å². The molecule has 29 heavy (non-hydrogen) atoms. The second kappa shape index (κ2) is 8.28. The van der Waals surface area contributed by atoms with Crippen LogP contribution in [0.1, 0.15) is 18.7 Å². The molecule has 0 saturated carbocycles. The van der Waals surface area contributed by atoms with E-state index in [9.17, 15) is 13.2 Å². The molecule has 0 radical (unpaired) electrons. The quantitative estimate of drug-likeness (QED) is 0.841. The van der Waals surface area contributed by atoms with E-state index in [1.165, 1.54) is 18.2 Å². The summed E-state index contributed by atoms with van der Waals surface area (Å²) in [5.74, 6) is 1.65. The number of hydrogen-bond acceptors (Lipinski definition) is 5. The van der Waals surface area contributed by atoms with Crippen molar-refractivity contribution in [3.05, 3.63) is 48.4 Å². The highest BCUT2D eigenvalue weighted by Gasteiger charge is 2.31. The topological polar surface area (TPSA) is 60.7 Å². The fourth-order valence-electron chi connectivity index (χ4n) is 3.39. The summed E-state index contributed by atoms with van der Waals surface area (Å²) < 4.78 is 48.7. The summed E-state index contributed by atoms with van der Waals surface area (Å²) in [6.45, 7) is 2.35.